The average Bonchev–Trinajstić information content (AvgIpc) is 3.13. The van der Waals surface area contributed by atoms with Gasteiger partial charge in [-0.15, -0.1) is 0 Å². The molecule has 27 heavy (non-hydrogen) atoms. The highest BCUT2D eigenvalue weighted by atomic mass is 32.2. The monoisotopic (exact) mass is 389 g/mol. The number of rotatable bonds is 6. The molecule has 146 valence electrons. The topological polar surface area (TPSA) is 72.3 Å². The van der Waals surface area contributed by atoms with E-state index in [1.54, 1.807) is 4.90 Å². The summed E-state index contributed by atoms with van der Waals surface area (Å²) in [5.74, 6) is 0.470. The molecule has 2 heterocycles. The van der Waals surface area contributed by atoms with E-state index >= 15 is 0 Å². The van der Waals surface area contributed by atoms with Crippen molar-refractivity contribution in [2.24, 2.45) is 0 Å². The molecular formula is C20H27N3O3S. The second kappa shape index (κ2) is 7.84. The van der Waals surface area contributed by atoms with E-state index in [1.807, 2.05) is 55.9 Å². The van der Waals surface area contributed by atoms with Gasteiger partial charge in [-0.2, -0.15) is 5.10 Å². The van der Waals surface area contributed by atoms with Crippen molar-refractivity contribution in [1.29, 1.82) is 0 Å². The van der Waals surface area contributed by atoms with Crippen molar-refractivity contribution in [3.8, 4) is 0 Å². The third-order valence-corrected chi connectivity index (χ3v) is 7.07. The largest absolute Gasteiger partial charge is 0.341 e. The van der Waals surface area contributed by atoms with Gasteiger partial charge in [-0.05, 0) is 32.3 Å². The van der Waals surface area contributed by atoms with Crippen LogP contribution in [0.1, 0.15) is 41.4 Å². The molecule has 1 saturated heterocycles. The van der Waals surface area contributed by atoms with Gasteiger partial charge >= 0.3 is 0 Å². The summed E-state index contributed by atoms with van der Waals surface area (Å²) in [7, 11) is -1.15. The maximum atomic E-state index is 12.5. The lowest BCUT2D eigenvalue weighted by atomic mass is 10.1. The Morgan fingerprint density at radius 2 is 1.96 bits per heavy atom. The van der Waals surface area contributed by atoms with Crippen LogP contribution in [0.2, 0.25) is 0 Å². The van der Waals surface area contributed by atoms with Crippen LogP contribution in [0.3, 0.4) is 0 Å². The van der Waals surface area contributed by atoms with Crippen LogP contribution < -0.4 is 0 Å². The summed E-state index contributed by atoms with van der Waals surface area (Å²) in [5.41, 5.74) is 3.98. The van der Waals surface area contributed by atoms with Crippen molar-refractivity contribution in [2.45, 2.75) is 45.7 Å². The molecule has 1 fully saturated rings. The lowest BCUT2D eigenvalue weighted by Crippen LogP contribution is -2.27. The maximum absolute atomic E-state index is 12.5. The molecule has 1 atom stereocenters. The van der Waals surface area contributed by atoms with Gasteiger partial charge in [-0.3, -0.25) is 9.48 Å². The summed E-state index contributed by atoms with van der Waals surface area (Å²) in [6.45, 7) is 4.37. The first kappa shape index (κ1) is 19.6. The first-order chi connectivity index (χ1) is 12.8. The molecular weight excluding hydrogens is 362 g/mol. The molecule has 3 rings (SSSR count). The zero-order chi connectivity index (χ0) is 19.6. The van der Waals surface area contributed by atoms with Crippen molar-refractivity contribution in [3.05, 3.63) is 52.8 Å². The highest BCUT2D eigenvalue weighted by Crippen LogP contribution is 2.27. The summed E-state index contributed by atoms with van der Waals surface area (Å²) in [6, 6.07) is 9.89. The van der Waals surface area contributed by atoms with Crippen molar-refractivity contribution in [3.63, 3.8) is 0 Å². The first-order valence-corrected chi connectivity index (χ1v) is 11.1. The van der Waals surface area contributed by atoms with Gasteiger partial charge in [-0.25, -0.2) is 8.42 Å². The fraction of sp³-hybridized carbons (Fsp3) is 0.500. The third kappa shape index (κ3) is 4.58. The fourth-order valence-corrected chi connectivity index (χ4v) is 5.35. The van der Waals surface area contributed by atoms with Gasteiger partial charge in [-0.1, -0.05) is 30.3 Å². The van der Waals surface area contributed by atoms with E-state index in [0.717, 1.165) is 28.9 Å². The molecule has 0 spiro atoms. The quantitative estimate of drug-likeness (QED) is 0.761. The molecule has 1 amide bonds. The second-order valence-corrected chi connectivity index (χ2v) is 9.61. The Bertz CT molecular complexity index is 919. The van der Waals surface area contributed by atoms with E-state index in [9.17, 15) is 13.2 Å². The molecule has 6 nitrogen and oxygen atoms in total. The van der Waals surface area contributed by atoms with Gasteiger partial charge in [0.1, 0.15) is 0 Å². The minimum atomic E-state index is -2.96. The standard InChI is InChI=1S/C20H27N3O3S/c1-15-19(16(2)23(21-15)18-11-12-27(25,26)14-18)13-22(3)20(24)10-9-17-7-5-4-6-8-17/h4-8,18H,9-14H2,1-3H3/t18-/m0/s1. The van der Waals surface area contributed by atoms with Crippen LogP contribution in [0.25, 0.3) is 0 Å². The van der Waals surface area contributed by atoms with Crippen LogP contribution >= 0.6 is 0 Å². The van der Waals surface area contributed by atoms with Crippen molar-refractivity contribution in [2.75, 3.05) is 18.6 Å². The Labute approximate surface area is 161 Å². The number of carbonyl (C=O) groups excluding carboxylic acids is 1. The summed E-state index contributed by atoms with van der Waals surface area (Å²) < 4.78 is 25.4. The van der Waals surface area contributed by atoms with Crippen LogP contribution in [0.15, 0.2) is 30.3 Å². The zero-order valence-electron chi connectivity index (χ0n) is 16.2. The van der Waals surface area contributed by atoms with Gasteiger partial charge in [0.15, 0.2) is 9.84 Å². The summed E-state index contributed by atoms with van der Waals surface area (Å²) in [5, 5.41) is 4.58. The number of amides is 1. The Morgan fingerprint density at radius 1 is 1.26 bits per heavy atom. The Hall–Kier alpha value is -2.15. The molecule has 7 heteroatoms. The number of hydrogen-bond donors (Lipinski definition) is 0. The van der Waals surface area contributed by atoms with E-state index in [2.05, 4.69) is 5.10 Å². The molecule has 1 aromatic carbocycles. The smallest absolute Gasteiger partial charge is 0.222 e. The Balaban J connectivity index is 1.65. The normalized spacial score (nSPS) is 18.6. The van der Waals surface area contributed by atoms with E-state index in [1.165, 1.54) is 0 Å². The minimum absolute atomic E-state index is 0.0915. The van der Waals surface area contributed by atoms with Crippen LogP contribution in [0, 0.1) is 13.8 Å². The predicted molar refractivity (Wildman–Crippen MR) is 105 cm³/mol. The van der Waals surface area contributed by atoms with Gasteiger partial charge in [0, 0.05) is 31.3 Å². The van der Waals surface area contributed by atoms with E-state index in [4.69, 9.17) is 0 Å². The molecule has 2 aromatic rings. The number of aromatic nitrogens is 2. The average molecular weight is 390 g/mol. The minimum Gasteiger partial charge on any atom is -0.341 e. The SMILES string of the molecule is Cc1nn([C@H]2CCS(=O)(=O)C2)c(C)c1CN(C)C(=O)CCc1ccccc1. The van der Waals surface area contributed by atoms with Crippen LogP contribution in [-0.4, -0.2) is 47.6 Å². The van der Waals surface area contributed by atoms with Gasteiger partial charge < -0.3 is 4.90 Å². The van der Waals surface area contributed by atoms with Crippen molar-refractivity contribution >= 4 is 15.7 Å². The molecule has 0 bridgehead atoms. The highest BCUT2D eigenvalue weighted by Gasteiger charge is 2.31. The summed E-state index contributed by atoms with van der Waals surface area (Å²) >= 11 is 0. The first-order valence-electron chi connectivity index (χ1n) is 9.30. The molecule has 0 N–H and O–H groups in total. The van der Waals surface area contributed by atoms with Gasteiger partial charge in [0.2, 0.25) is 5.91 Å². The lowest BCUT2D eigenvalue weighted by molar-refractivity contribution is -0.130. The second-order valence-electron chi connectivity index (χ2n) is 7.39. The maximum Gasteiger partial charge on any atom is 0.222 e. The van der Waals surface area contributed by atoms with E-state index in [-0.39, 0.29) is 23.5 Å². The Kier molecular flexibility index (Phi) is 5.69. The van der Waals surface area contributed by atoms with Gasteiger partial charge in [0.05, 0.1) is 23.2 Å². The molecule has 0 radical (unpaired) electrons. The number of nitrogens with zero attached hydrogens (tertiary/aromatic N) is 3. The zero-order valence-corrected chi connectivity index (χ0v) is 17.0. The highest BCUT2D eigenvalue weighted by molar-refractivity contribution is 7.91. The molecule has 1 aliphatic heterocycles. The number of hydrogen-bond acceptors (Lipinski definition) is 4. The number of benzene rings is 1. The van der Waals surface area contributed by atoms with Crippen LogP contribution in [0.5, 0.6) is 0 Å². The number of aryl methyl sites for hydroxylation is 2. The molecule has 0 saturated carbocycles. The third-order valence-electron chi connectivity index (χ3n) is 5.32. The van der Waals surface area contributed by atoms with Crippen molar-refractivity contribution in [1.82, 2.24) is 14.7 Å². The molecule has 1 aromatic heterocycles. The predicted octanol–water partition coefficient (Wildman–Crippen LogP) is 2.45. The molecule has 0 aliphatic carbocycles. The summed E-state index contributed by atoms with van der Waals surface area (Å²) in [6.07, 6.45) is 1.80. The lowest BCUT2D eigenvalue weighted by Gasteiger charge is -2.18. The summed E-state index contributed by atoms with van der Waals surface area (Å²) in [4.78, 5) is 14.2. The Morgan fingerprint density at radius 3 is 2.59 bits per heavy atom. The molecule has 0 unspecified atom stereocenters. The van der Waals surface area contributed by atoms with E-state index < -0.39 is 9.84 Å². The van der Waals surface area contributed by atoms with Crippen LogP contribution in [-0.2, 0) is 27.6 Å². The van der Waals surface area contributed by atoms with Crippen LogP contribution in [0.4, 0.5) is 0 Å². The van der Waals surface area contributed by atoms with Gasteiger partial charge in [0.25, 0.3) is 0 Å². The number of carbonyl (C=O) groups is 1. The fourth-order valence-electron chi connectivity index (χ4n) is 3.66. The van der Waals surface area contributed by atoms with Crippen molar-refractivity contribution < 1.29 is 13.2 Å². The van der Waals surface area contributed by atoms with E-state index in [0.29, 0.717) is 19.4 Å². The number of sulfone groups is 1. The molecule has 1 aliphatic rings.